The number of ether oxygens (including phenoxy) is 3. The number of aliphatic hydroxyl groups excluding tert-OH is 1. The summed E-state index contributed by atoms with van der Waals surface area (Å²) in [6.07, 6.45) is -0.729. The van der Waals surface area contributed by atoms with E-state index in [2.05, 4.69) is 0 Å². The van der Waals surface area contributed by atoms with E-state index in [1.165, 1.54) is 24.6 Å². The largest absolute Gasteiger partial charge is 0.497 e. The molecule has 0 radical (unpaired) electrons. The molecular formula is C22H27N3O6S. The monoisotopic (exact) mass is 461 g/mol. The van der Waals surface area contributed by atoms with Crippen molar-refractivity contribution in [2.24, 2.45) is 0 Å². The van der Waals surface area contributed by atoms with Gasteiger partial charge in [-0.2, -0.15) is 9.57 Å². The second kappa shape index (κ2) is 10.7. The first kappa shape index (κ1) is 23.8. The molecule has 1 atom stereocenters. The van der Waals surface area contributed by atoms with Gasteiger partial charge in [-0.15, -0.1) is 0 Å². The highest BCUT2D eigenvalue weighted by molar-refractivity contribution is 7.89. The lowest BCUT2D eigenvalue weighted by Gasteiger charge is -2.35. The highest BCUT2D eigenvalue weighted by Gasteiger charge is 2.31. The second-order valence-corrected chi connectivity index (χ2v) is 9.23. The average Bonchev–Trinajstić information content (AvgIpc) is 2.83. The molecule has 1 saturated heterocycles. The van der Waals surface area contributed by atoms with E-state index in [0.29, 0.717) is 49.8 Å². The molecule has 2 aromatic carbocycles. The molecule has 0 saturated carbocycles. The molecule has 10 heteroatoms. The van der Waals surface area contributed by atoms with E-state index in [-0.39, 0.29) is 17.3 Å². The van der Waals surface area contributed by atoms with Crippen molar-refractivity contribution in [1.82, 2.24) is 9.21 Å². The molecule has 3 rings (SSSR count). The van der Waals surface area contributed by atoms with Crippen molar-refractivity contribution in [3.63, 3.8) is 0 Å². The van der Waals surface area contributed by atoms with Crippen LogP contribution in [0.4, 0.5) is 0 Å². The molecule has 2 aromatic rings. The molecule has 32 heavy (non-hydrogen) atoms. The Kier molecular flexibility index (Phi) is 7.93. The first-order chi connectivity index (χ1) is 15.4. The Balaban J connectivity index is 1.53. The van der Waals surface area contributed by atoms with Crippen molar-refractivity contribution >= 4 is 10.0 Å². The summed E-state index contributed by atoms with van der Waals surface area (Å²) in [5, 5.41) is 19.1. The van der Waals surface area contributed by atoms with E-state index in [9.17, 15) is 13.5 Å². The molecule has 0 aromatic heterocycles. The molecule has 0 bridgehead atoms. The summed E-state index contributed by atoms with van der Waals surface area (Å²) in [6.45, 7) is 2.04. The van der Waals surface area contributed by atoms with Gasteiger partial charge >= 0.3 is 0 Å². The van der Waals surface area contributed by atoms with E-state index >= 15 is 0 Å². The smallest absolute Gasteiger partial charge is 0.246 e. The number of hydrogen-bond acceptors (Lipinski definition) is 8. The minimum absolute atomic E-state index is 0.0728. The third-order valence-electron chi connectivity index (χ3n) is 5.21. The number of aliphatic hydroxyl groups is 1. The van der Waals surface area contributed by atoms with E-state index in [1.807, 2.05) is 11.0 Å². The van der Waals surface area contributed by atoms with Gasteiger partial charge in [0.1, 0.15) is 34.9 Å². The lowest BCUT2D eigenvalue weighted by Crippen LogP contribution is -2.50. The molecular weight excluding hydrogens is 434 g/mol. The molecule has 0 unspecified atom stereocenters. The molecule has 172 valence electrons. The normalized spacial score (nSPS) is 16.2. The Labute approximate surface area is 188 Å². The van der Waals surface area contributed by atoms with E-state index < -0.39 is 16.1 Å². The molecule has 1 heterocycles. The molecule has 1 fully saturated rings. The zero-order valence-electron chi connectivity index (χ0n) is 18.1. The topological polar surface area (TPSA) is 112 Å². The summed E-state index contributed by atoms with van der Waals surface area (Å²) in [7, 11) is -0.840. The zero-order chi connectivity index (χ0) is 23.1. The van der Waals surface area contributed by atoms with Gasteiger partial charge < -0.3 is 19.3 Å². The van der Waals surface area contributed by atoms with E-state index in [4.69, 9.17) is 19.5 Å². The summed E-state index contributed by atoms with van der Waals surface area (Å²) in [5.41, 5.74) is 0.539. The van der Waals surface area contributed by atoms with Gasteiger partial charge in [0, 0.05) is 38.8 Å². The number of nitriles is 1. The molecule has 1 N–H and O–H groups in total. The summed E-state index contributed by atoms with van der Waals surface area (Å²) in [6, 6.07) is 13.4. The molecule has 0 amide bonds. The van der Waals surface area contributed by atoms with Crippen LogP contribution in [0.2, 0.25) is 0 Å². The van der Waals surface area contributed by atoms with Crippen LogP contribution in [0.3, 0.4) is 0 Å². The Morgan fingerprint density at radius 2 is 1.69 bits per heavy atom. The van der Waals surface area contributed by atoms with Gasteiger partial charge in [-0.1, -0.05) is 0 Å². The summed E-state index contributed by atoms with van der Waals surface area (Å²) >= 11 is 0. The third-order valence-corrected chi connectivity index (χ3v) is 7.13. The maximum Gasteiger partial charge on any atom is 0.246 e. The van der Waals surface area contributed by atoms with Crippen molar-refractivity contribution in [1.29, 1.82) is 5.26 Å². The maximum atomic E-state index is 13.2. The molecule has 0 aliphatic carbocycles. The maximum absolute atomic E-state index is 13.2. The molecule has 0 spiro atoms. The number of β-amino-alcohol motifs (C(OH)–C–C–N with tert-alkyl or cyclic N) is 1. The predicted molar refractivity (Wildman–Crippen MR) is 117 cm³/mol. The minimum atomic E-state index is -3.75. The van der Waals surface area contributed by atoms with Crippen molar-refractivity contribution in [2.75, 3.05) is 53.6 Å². The fourth-order valence-corrected chi connectivity index (χ4v) is 5.04. The summed E-state index contributed by atoms with van der Waals surface area (Å²) in [4.78, 5) is 2.07. The third kappa shape index (κ3) is 5.69. The van der Waals surface area contributed by atoms with Crippen molar-refractivity contribution in [2.45, 2.75) is 11.0 Å². The van der Waals surface area contributed by atoms with E-state index in [1.54, 1.807) is 36.4 Å². The van der Waals surface area contributed by atoms with Gasteiger partial charge in [-0.3, -0.25) is 4.90 Å². The zero-order valence-corrected chi connectivity index (χ0v) is 18.9. The van der Waals surface area contributed by atoms with Crippen molar-refractivity contribution in [3.8, 4) is 23.3 Å². The number of rotatable bonds is 9. The molecule has 9 nitrogen and oxygen atoms in total. The highest BCUT2D eigenvalue weighted by Crippen LogP contribution is 2.31. The average molecular weight is 462 g/mol. The van der Waals surface area contributed by atoms with Crippen LogP contribution in [0.15, 0.2) is 47.4 Å². The van der Waals surface area contributed by atoms with Crippen molar-refractivity contribution in [3.05, 3.63) is 48.0 Å². The first-order valence-electron chi connectivity index (χ1n) is 10.1. The highest BCUT2D eigenvalue weighted by atomic mass is 32.2. The van der Waals surface area contributed by atoms with Crippen LogP contribution in [0.1, 0.15) is 5.56 Å². The standard InChI is InChI=1S/C22H27N3O6S/c1-29-20-7-8-21(30-2)22(13-20)32(27,28)25-11-9-24(10-12-25)15-18(26)16-31-19-5-3-17(14-23)4-6-19/h3-8,13,18,26H,9-12,15-16H2,1-2H3/t18-/m0/s1. The van der Waals surface area contributed by atoms with Crippen LogP contribution in [0.5, 0.6) is 17.2 Å². The number of sulfonamides is 1. The Bertz CT molecular complexity index is 1040. The van der Waals surface area contributed by atoms with E-state index in [0.717, 1.165) is 0 Å². The first-order valence-corrected chi connectivity index (χ1v) is 11.6. The van der Waals surface area contributed by atoms with Crippen LogP contribution >= 0.6 is 0 Å². The lowest BCUT2D eigenvalue weighted by atomic mass is 10.2. The number of piperazine rings is 1. The van der Waals surface area contributed by atoms with Crippen LogP contribution in [-0.2, 0) is 10.0 Å². The number of methoxy groups -OCH3 is 2. The van der Waals surface area contributed by atoms with Gasteiger partial charge in [0.2, 0.25) is 10.0 Å². The fraction of sp³-hybridized carbons (Fsp3) is 0.409. The summed E-state index contributed by atoms with van der Waals surface area (Å²) < 4.78 is 43.7. The minimum Gasteiger partial charge on any atom is -0.497 e. The number of hydrogen-bond donors (Lipinski definition) is 1. The Hall–Kier alpha value is -2.84. The predicted octanol–water partition coefficient (Wildman–Crippen LogP) is 1.32. The van der Waals surface area contributed by atoms with Gasteiger partial charge in [-0.25, -0.2) is 8.42 Å². The Morgan fingerprint density at radius 1 is 1.03 bits per heavy atom. The van der Waals surface area contributed by atoms with Crippen LogP contribution in [0, 0.1) is 11.3 Å². The summed E-state index contributed by atoms with van der Waals surface area (Å²) in [5.74, 6) is 1.28. The van der Waals surface area contributed by atoms with Gasteiger partial charge in [-0.05, 0) is 36.4 Å². The molecule has 1 aliphatic rings. The van der Waals surface area contributed by atoms with Crippen LogP contribution < -0.4 is 14.2 Å². The quantitative estimate of drug-likeness (QED) is 0.595. The van der Waals surface area contributed by atoms with Crippen LogP contribution in [0.25, 0.3) is 0 Å². The molecule has 1 aliphatic heterocycles. The lowest BCUT2D eigenvalue weighted by molar-refractivity contribution is 0.0569. The van der Waals surface area contributed by atoms with Gasteiger partial charge in [0.15, 0.2) is 0 Å². The second-order valence-electron chi connectivity index (χ2n) is 7.32. The number of benzene rings is 2. The SMILES string of the molecule is COc1ccc(OC)c(S(=O)(=O)N2CCN(C[C@H](O)COc3ccc(C#N)cc3)CC2)c1. The van der Waals surface area contributed by atoms with Gasteiger partial charge in [0.25, 0.3) is 0 Å². The van der Waals surface area contributed by atoms with Crippen molar-refractivity contribution < 1.29 is 27.7 Å². The Morgan fingerprint density at radius 3 is 2.28 bits per heavy atom. The fourth-order valence-electron chi connectivity index (χ4n) is 3.45. The van der Waals surface area contributed by atoms with Gasteiger partial charge in [0.05, 0.1) is 25.9 Å². The van der Waals surface area contributed by atoms with Crippen LogP contribution in [-0.4, -0.2) is 82.4 Å². The number of nitrogens with zero attached hydrogens (tertiary/aromatic N) is 3.